The van der Waals surface area contributed by atoms with Crippen LogP contribution in [0.2, 0.25) is 0 Å². The summed E-state index contributed by atoms with van der Waals surface area (Å²) >= 11 is 0. The molecule has 1 aliphatic carbocycles. The van der Waals surface area contributed by atoms with Gasteiger partial charge in [0.05, 0.1) is 18.7 Å². The van der Waals surface area contributed by atoms with Gasteiger partial charge in [-0.05, 0) is 40.5 Å². The highest BCUT2D eigenvalue weighted by Crippen LogP contribution is 2.21. The molecule has 0 unspecified atom stereocenters. The molecular formula is C16H26N2O5. The van der Waals surface area contributed by atoms with E-state index in [1.54, 1.807) is 20.8 Å². The molecule has 1 N–H and O–H groups in total. The third-order valence-corrected chi connectivity index (χ3v) is 3.17. The first-order chi connectivity index (χ1) is 10.7. The maximum atomic E-state index is 12.3. The van der Waals surface area contributed by atoms with Crippen molar-refractivity contribution in [2.24, 2.45) is 0 Å². The summed E-state index contributed by atoms with van der Waals surface area (Å²) in [6, 6.07) is 0. The Hall–Kier alpha value is -1.89. The lowest BCUT2D eigenvalue weighted by molar-refractivity contribution is -0.121. The minimum Gasteiger partial charge on any atom is -0.442 e. The van der Waals surface area contributed by atoms with Crippen LogP contribution in [0.25, 0.3) is 0 Å². The van der Waals surface area contributed by atoms with Gasteiger partial charge >= 0.3 is 6.09 Å². The summed E-state index contributed by atoms with van der Waals surface area (Å²) in [6.45, 7) is 7.18. The Balaban J connectivity index is 2.99. The summed E-state index contributed by atoms with van der Waals surface area (Å²) in [5.41, 5.74) is 2.85. The molecule has 7 nitrogen and oxygen atoms in total. The van der Waals surface area contributed by atoms with E-state index in [4.69, 9.17) is 9.47 Å². The Labute approximate surface area is 137 Å². The number of carbonyl (C=O) groups is 3. The van der Waals surface area contributed by atoms with Gasteiger partial charge in [0.25, 0.3) is 0 Å². The maximum Gasteiger partial charge on any atom is 0.429 e. The fraction of sp³-hybridized carbons (Fsp3) is 0.688. The number of allylic oxidation sites excluding steroid dienone is 2. The van der Waals surface area contributed by atoms with Crippen molar-refractivity contribution in [3.63, 3.8) is 0 Å². The molecule has 0 fully saturated rings. The molecule has 0 atom stereocenters. The van der Waals surface area contributed by atoms with Crippen LogP contribution in [0, 0.1) is 0 Å². The summed E-state index contributed by atoms with van der Waals surface area (Å²) in [4.78, 5) is 36.0. The number of nitrogens with zero attached hydrogens (tertiary/aromatic N) is 1. The first-order valence-electron chi connectivity index (χ1n) is 7.69. The Kier molecular flexibility index (Phi) is 6.75. The summed E-state index contributed by atoms with van der Waals surface area (Å²) in [7, 11) is 1.53. The fourth-order valence-corrected chi connectivity index (χ4v) is 2.22. The van der Waals surface area contributed by atoms with Gasteiger partial charge in [0.1, 0.15) is 5.60 Å². The zero-order valence-corrected chi connectivity index (χ0v) is 14.5. The van der Waals surface area contributed by atoms with Crippen LogP contribution >= 0.6 is 0 Å². The number of carbonyl (C=O) groups excluding carboxylic acids is 3. The van der Waals surface area contributed by atoms with Gasteiger partial charge in [-0.1, -0.05) is 0 Å². The van der Waals surface area contributed by atoms with E-state index in [-0.39, 0.29) is 23.7 Å². The molecule has 0 aromatic heterocycles. The SMILES string of the molecule is COCCN(NC1=C(C(C)=O)C(=O)CCC1)C(=O)OC(C)(C)C. The molecule has 0 radical (unpaired) electrons. The van der Waals surface area contributed by atoms with Crippen LogP contribution in [0.3, 0.4) is 0 Å². The molecule has 0 spiro atoms. The highest BCUT2D eigenvalue weighted by atomic mass is 16.6. The van der Waals surface area contributed by atoms with Crippen molar-refractivity contribution in [3.05, 3.63) is 11.3 Å². The second-order valence-electron chi connectivity index (χ2n) is 6.42. The Bertz CT molecular complexity index is 505. The number of amides is 1. The lowest BCUT2D eigenvalue weighted by Gasteiger charge is -2.30. The Morgan fingerprint density at radius 1 is 1.26 bits per heavy atom. The molecule has 0 saturated heterocycles. The Morgan fingerprint density at radius 2 is 1.91 bits per heavy atom. The molecule has 0 aromatic rings. The van der Waals surface area contributed by atoms with Gasteiger partial charge in [-0.15, -0.1) is 0 Å². The van der Waals surface area contributed by atoms with Crippen molar-refractivity contribution < 1.29 is 23.9 Å². The molecule has 0 aromatic carbocycles. The molecule has 0 saturated carbocycles. The normalized spacial score (nSPS) is 15.4. The number of ether oxygens (including phenoxy) is 2. The fourth-order valence-electron chi connectivity index (χ4n) is 2.22. The van der Waals surface area contributed by atoms with Gasteiger partial charge in [0.2, 0.25) is 0 Å². The van der Waals surface area contributed by atoms with E-state index in [0.29, 0.717) is 31.6 Å². The number of hydrogen-bond donors (Lipinski definition) is 1. The second-order valence-corrected chi connectivity index (χ2v) is 6.42. The van der Waals surface area contributed by atoms with Gasteiger partial charge in [-0.2, -0.15) is 0 Å². The average molecular weight is 326 g/mol. The first-order valence-corrected chi connectivity index (χ1v) is 7.69. The first kappa shape index (κ1) is 19.2. The summed E-state index contributed by atoms with van der Waals surface area (Å²) in [5.74, 6) is -0.491. The van der Waals surface area contributed by atoms with E-state index < -0.39 is 11.7 Å². The van der Waals surface area contributed by atoms with Crippen LogP contribution in [0.15, 0.2) is 11.3 Å². The van der Waals surface area contributed by atoms with Crippen LogP contribution < -0.4 is 5.43 Å². The van der Waals surface area contributed by atoms with Gasteiger partial charge < -0.3 is 9.47 Å². The Morgan fingerprint density at radius 3 is 2.43 bits per heavy atom. The number of ketones is 2. The number of hydrazine groups is 1. The molecular weight excluding hydrogens is 300 g/mol. The standard InChI is InChI=1S/C16H26N2O5/c1-11(19)14-12(7-6-8-13(14)20)17-18(9-10-22-5)15(21)23-16(2,3)4/h17H,6-10H2,1-5H3. The number of nitrogens with one attached hydrogen (secondary N) is 1. The zero-order chi connectivity index (χ0) is 17.6. The molecule has 130 valence electrons. The predicted octanol–water partition coefficient (Wildman–Crippen LogP) is 1.97. The van der Waals surface area contributed by atoms with Crippen LogP contribution in [-0.4, -0.2) is 48.5 Å². The van der Waals surface area contributed by atoms with Crippen LogP contribution in [0.4, 0.5) is 4.79 Å². The maximum absolute atomic E-state index is 12.3. The van der Waals surface area contributed by atoms with E-state index in [9.17, 15) is 14.4 Å². The van der Waals surface area contributed by atoms with E-state index >= 15 is 0 Å². The molecule has 0 bridgehead atoms. The van der Waals surface area contributed by atoms with Crippen LogP contribution in [0.5, 0.6) is 0 Å². The summed E-state index contributed by atoms with van der Waals surface area (Å²) < 4.78 is 10.3. The van der Waals surface area contributed by atoms with Gasteiger partial charge in [0, 0.05) is 19.2 Å². The third kappa shape index (κ3) is 6.02. The highest BCUT2D eigenvalue weighted by Gasteiger charge is 2.28. The monoisotopic (exact) mass is 326 g/mol. The molecule has 1 amide bonds. The molecule has 1 rings (SSSR count). The van der Waals surface area contributed by atoms with Crippen molar-refractivity contribution in [3.8, 4) is 0 Å². The minimum atomic E-state index is -0.649. The lowest BCUT2D eigenvalue weighted by Crippen LogP contribution is -2.47. The van der Waals surface area contributed by atoms with Crippen LogP contribution in [-0.2, 0) is 19.1 Å². The van der Waals surface area contributed by atoms with Gasteiger partial charge in [-0.25, -0.2) is 9.80 Å². The predicted molar refractivity (Wildman–Crippen MR) is 84.5 cm³/mol. The second kappa shape index (κ2) is 8.10. The largest absolute Gasteiger partial charge is 0.442 e. The topological polar surface area (TPSA) is 84.9 Å². The molecule has 7 heteroatoms. The number of rotatable bonds is 6. The van der Waals surface area contributed by atoms with Crippen molar-refractivity contribution in [2.45, 2.75) is 52.6 Å². The minimum absolute atomic E-state index is 0.141. The van der Waals surface area contributed by atoms with E-state index in [2.05, 4.69) is 5.43 Å². The third-order valence-electron chi connectivity index (χ3n) is 3.17. The number of methoxy groups -OCH3 is 1. The van der Waals surface area contributed by atoms with Gasteiger partial charge in [0.15, 0.2) is 11.6 Å². The molecule has 0 aliphatic heterocycles. The van der Waals surface area contributed by atoms with E-state index in [1.807, 2.05) is 0 Å². The smallest absolute Gasteiger partial charge is 0.429 e. The average Bonchev–Trinajstić information content (AvgIpc) is 2.40. The van der Waals surface area contributed by atoms with Crippen molar-refractivity contribution in [1.29, 1.82) is 0 Å². The van der Waals surface area contributed by atoms with Crippen molar-refractivity contribution in [1.82, 2.24) is 10.4 Å². The number of hydrogen-bond acceptors (Lipinski definition) is 6. The van der Waals surface area contributed by atoms with Crippen molar-refractivity contribution in [2.75, 3.05) is 20.3 Å². The van der Waals surface area contributed by atoms with E-state index in [0.717, 1.165) is 0 Å². The highest BCUT2D eigenvalue weighted by molar-refractivity contribution is 6.20. The van der Waals surface area contributed by atoms with Crippen LogP contribution in [0.1, 0.15) is 47.0 Å². The molecule has 23 heavy (non-hydrogen) atoms. The lowest BCUT2D eigenvalue weighted by atomic mass is 9.93. The zero-order valence-electron chi connectivity index (χ0n) is 14.5. The van der Waals surface area contributed by atoms with E-state index in [1.165, 1.54) is 19.0 Å². The van der Waals surface area contributed by atoms with Crippen molar-refractivity contribution >= 4 is 17.7 Å². The number of Topliss-reactive ketones (excluding diaryl/α,β-unsaturated/α-hetero) is 2. The quantitative estimate of drug-likeness (QED) is 0.593. The summed E-state index contributed by atoms with van der Waals surface area (Å²) in [6.07, 6.45) is 0.949. The molecule has 0 heterocycles. The summed E-state index contributed by atoms with van der Waals surface area (Å²) in [5, 5.41) is 1.24. The van der Waals surface area contributed by atoms with Gasteiger partial charge in [-0.3, -0.25) is 15.0 Å². The molecule has 1 aliphatic rings.